The van der Waals surface area contributed by atoms with Crippen LogP contribution >= 0.6 is 0 Å². The summed E-state index contributed by atoms with van der Waals surface area (Å²) in [6.45, 7) is 3.52. The number of hydrogen-bond acceptors (Lipinski definition) is 2. The highest BCUT2D eigenvalue weighted by Gasteiger charge is 2.07. The van der Waals surface area contributed by atoms with Gasteiger partial charge in [-0.1, -0.05) is 6.58 Å². The number of nitrogens with zero attached hydrogens (tertiary/aromatic N) is 2. The van der Waals surface area contributed by atoms with Gasteiger partial charge in [-0.25, -0.2) is 4.98 Å². The van der Waals surface area contributed by atoms with Crippen LogP contribution < -0.4 is 5.73 Å². The van der Waals surface area contributed by atoms with Crippen LogP contribution in [0.2, 0.25) is 0 Å². The van der Waals surface area contributed by atoms with Crippen LogP contribution in [0.15, 0.2) is 19.1 Å². The van der Waals surface area contributed by atoms with Gasteiger partial charge in [-0.3, -0.25) is 4.79 Å². The third-order valence-electron chi connectivity index (χ3n) is 1.42. The summed E-state index contributed by atoms with van der Waals surface area (Å²) in [6.07, 6.45) is 3.14. The first-order chi connectivity index (χ1) is 5.13. The van der Waals surface area contributed by atoms with Gasteiger partial charge in [0, 0.05) is 7.05 Å². The first-order valence-corrected chi connectivity index (χ1v) is 3.08. The Morgan fingerprint density at radius 1 is 1.82 bits per heavy atom. The molecule has 0 saturated carbocycles. The van der Waals surface area contributed by atoms with Crippen molar-refractivity contribution in [2.24, 2.45) is 12.8 Å². The highest BCUT2D eigenvalue weighted by molar-refractivity contribution is 6.17. The van der Waals surface area contributed by atoms with Gasteiger partial charge in [-0.05, 0) is 0 Å². The number of imidazole rings is 1. The summed E-state index contributed by atoms with van der Waals surface area (Å²) in [4.78, 5) is 14.5. The maximum Gasteiger partial charge on any atom is 0.250 e. The predicted octanol–water partition coefficient (Wildman–Crippen LogP) is -0.0814. The Hall–Kier alpha value is -1.58. The van der Waals surface area contributed by atoms with Crippen molar-refractivity contribution in [1.82, 2.24) is 9.55 Å². The van der Waals surface area contributed by atoms with Gasteiger partial charge in [-0.2, -0.15) is 0 Å². The van der Waals surface area contributed by atoms with Gasteiger partial charge in [0.05, 0.1) is 23.8 Å². The Morgan fingerprint density at radius 3 is 2.82 bits per heavy atom. The molecule has 0 unspecified atom stereocenters. The summed E-state index contributed by atoms with van der Waals surface area (Å²) in [5.41, 5.74) is 5.95. The van der Waals surface area contributed by atoms with E-state index in [1.807, 2.05) is 0 Å². The number of hydrogen-bond donors (Lipinski definition) is 1. The van der Waals surface area contributed by atoms with Crippen LogP contribution in [0.5, 0.6) is 0 Å². The van der Waals surface area contributed by atoms with Crippen LogP contribution in [0.3, 0.4) is 0 Å². The second kappa shape index (κ2) is 2.57. The van der Waals surface area contributed by atoms with E-state index in [1.165, 1.54) is 0 Å². The van der Waals surface area contributed by atoms with Crippen LogP contribution in [0, 0.1) is 0 Å². The Morgan fingerprint density at radius 2 is 2.45 bits per heavy atom. The fourth-order valence-corrected chi connectivity index (χ4v) is 0.774. The van der Waals surface area contributed by atoms with Crippen LogP contribution in [0.1, 0.15) is 5.69 Å². The summed E-state index contributed by atoms with van der Waals surface area (Å²) in [6, 6.07) is 0. The predicted molar refractivity (Wildman–Crippen MR) is 41.4 cm³/mol. The Labute approximate surface area is 64.3 Å². The van der Waals surface area contributed by atoms with Crippen LogP contribution in [-0.4, -0.2) is 15.5 Å². The Bertz CT molecular complexity index is 300. The van der Waals surface area contributed by atoms with Gasteiger partial charge in [0.2, 0.25) is 5.91 Å². The average Bonchev–Trinajstić information content (AvgIpc) is 2.33. The van der Waals surface area contributed by atoms with E-state index in [-0.39, 0.29) is 5.57 Å². The fraction of sp³-hybridized carbons (Fsp3) is 0.143. The van der Waals surface area contributed by atoms with Crippen LogP contribution in [-0.2, 0) is 11.8 Å². The number of carbonyl (C=O) groups excluding carboxylic acids is 1. The van der Waals surface area contributed by atoms with E-state index in [4.69, 9.17) is 5.73 Å². The van der Waals surface area contributed by atoms with Crippen molar-refractivity contribution in [1.29, 1.82) is 0 Å². The molecule has 1 amide bonds. The Balaban J connectivity index is 3.02. The molecule has 0 aliphatic heterocycles. The molecule has 0 fully saturated rings. The molecule has 0 atom stereocenters. The van der Waals surface area contributed by atoms with Crippen molar-refractivity contribution < 1.29 is 4.79 Å². The maximum atomic E-state index is 10.6. The minimum absolute atomic E-state index is 0.282. The monoisotopic (exact) mass is 151 g/mol. The lowest BCUT2D eigenvalue weighted by atomic mass is 10.2. The minimum atomic E-state index is -0.520. The second-order valence-electron chi connectivity index (χ2n) is 2.23. The van der Waals surface area contributed by atoms with Crippen molar-refractivity contribution in [2.45, 2.75) is 0 Å². The van der Waals surface area contributed by atoms with E-state index in [9.17, 15) is 4.79 Å². The largest absolute Gasteiger partial charge is 0.366 e. The zero-order chi connectivity index (χ0) is 8.43. The highest BCUT2D eigenvalue weighted by atomic mass is 16.1. The van der Waals surface area contributed by atoms with Crippen molar-refractivity contribution >= 4 is 11.5 Å². The molecule has 4 nitrogen and oxygen atoms in total. The van der Waals surface area contributed by atoms with Gasteiger partial charge in [0.1, 0.15) is 0 Å². The summed E-state index contributed by atoms with van der Waals surface area (Å²) >= 11 is 0. The van der Waals surface area contributed by atoms with Crippen LogP contribution in [0.4, 0.5) is 0 Å². The molecular formula is C7H9N3O. The molecule has 58 valence electrons. The average molecular weight is 151 g/mol. The summed E-state index contributed by atoms with van der Waals surface area (Å²) in [5, 5.41) is 0. The number of aryl methyl sites for hydroxylation is 1. The molecule has 0 aromatic carbocycles. The smallest absolute Gasteiger partial charge is 0.250 e. The minimum Gasteiger partial charge on any atom is -0.366 e. The van der Waals surface area contributed by atoms with Gasteiger partial charge < -0.3 is 10.3 Å². The Kier molecular flexibility index (Phi) is 1.76. The molecular weight excluding hydrogens is 142 g/mol. The molecule has 0 bridgehead atoms. The molecule has 0 saturated heterocycles. The third-order valence-corrected chi connectivity index (χ3v) is 1.42. The number of amides is 1. The molecule has 1 aromatic heterocycles. The lowest BCUT2D eigenvalue weighted by Crippen LogP contribution is -2.13. The zero-order valence-electron chi connectivity index (χ0n) is 6.24. The van der Waals surface area contributed by atoms with Gasteiger partial charge in [0.15, 0.2) is 0 Å². The topological polar surface area (TPSA) is 60.9 Å². The van der Waals surface area contributed by atoms with E-state index in [2.05, 4.69) is 11.6 Å². The van der Waals surface area contributed by atoms with Crippen LogP contribution in [0.25, 0.3) is 5.57 Å². The number of carbonyl (C=O) groups is 1. The van der Waals surface area contributed by atoms with Gasteiger partial charge >= 0.3 is 0 Å². The number of rotatable bonds is 2. The molecule has 11 heavy (non-hydrogen) atoms. The molecule has 0 spiro atoms. The van der Waals surface area contributed by atoms with Crippen molar-refractivity contribution in [3.8, 4) is 0 Å². The number of primary amides is 1. The van der Waals surface area contributed by atoms with E-state index in [0.717, 1.165) is 0 Å². The van der Waals surface area contributed by atoms with Crippen molar-refractivity contribution in [3.63, 3.8) is 0 Å². The standard InChI is InChI=1S/C7H9N3O/c1-5(7(8)11)6-3-9-4-10(6)2/h3-4H,1H2,2H3,(H2,8,11). The normalized spacial score (nSPS) is 9.55. The molecule has 1 rings (SSSR count). The van der Waals surface area contributed by atoms with E-state index >= 15 is 0 Å². The van der Waals surface area contributed by atoms with Gasteiger partial charge in [0.25, 0.3) is 0 Å². The van der Waals surface area contributed by atoms with E-state index < -0.39 is 5.91 Å². The van der Waals surface area contributed by atoms with Crippen molar-refractivity contribution in [2.75, 3.05) is 0 Å². The molecule has 1 aromatic rings. The SMILES string of the molecule is C=C(C(N)=O)c1cncn1C. The maximum absolute atomic E-state index is 10.6. The summed E-state index contributed by atoms with van der Waals surface area (Å²) < 4.78 is 1.69. The number of nitrogens with two attached hydrogens (primary N) is 1. The molecule has 1 heterocycles. The molecule has 4 heteroatoms. The summed E-state index contributed by atoms with van der Waals surface area (Å²) in [7, 11) is 1.77. The molecule has 0 aliphatic rings. The number of aromatic nitrogens is 2. The first kappa shape index (κ1) is 7.53. The van der Waals surface area contributed by atoms with E-state index in [0.29, 0.717) is 5.69 Å². The third kappa shape index (κ3) is 1.29. The first-order valence-electron chi connectivity index (χ1n) is 3.08. The second-order valence-corrected chi connectivity index (χ2v) is 2.23. The van der Waals surface area contributed by atoms with E-state index in [1.54, 1.807) is 24.1 Å². The van der Waals surface area contributed by atoms with Crippen molar-refractivity contribution in [3.05, 3.63) is 24.8 Å². The molecule has 2 N–H and O–H groups in total. The lowest BCUT2D eigenvalue weighted by molar-refractivity contribution is -0.112. The molecule has 0 radical (unpaired) electrons. The molecule has 0 aliphatic carbocycles. The highest BCUT2D eigenvalue weighted by Crippen LogP contribution is 2.08. The fourth-order valence-electron chi connectivity index (χ4n) is 0.774. The van der Waals surface area contributed by atoms with Gasteiger partial charge in [-0.15, -0.1) is 0 Å². The quantitative estimate of drug-likeness (QED) is 0.601. The zero-order valence-corrected chi connectivity index (χ0v) is 6.24. The summed E-state index contributed by atoms with van der Waals surface area (Å²) in [5.74, 6) is -0.520. The lowest BCUT2D eigenvalue weighted by Gasteiger charge is -1.99.